The number of hydrogen-bond acceptors (Lipinski definition) is 4. The third kappa shape index (κ3) is 2.10. The summed E-state index contributed by atoms with van der Waals surface area (Å²) in [6, 6.07) is 5.02. The van der Waals surface area contributed by atoms with Crippen LogP contribution in [0.25, 0.3) is 0 Å². The van der Waals surface area contributed by atoms with Crippen molar-refractivity contribution in [2.75, 3.05) is 5.32 Å². The number of nitro groups is 1. The van der Waals surface area contributed by atoms with Gasteiger partial charge in [-0.2, -0.15) is 0 Å². The first-order valence-electron chi connectivity index (χ1n) is 5.03. The molecule has 1 saturated carbocycles. The van der Waals surface area contributed by atoms with E-state index in [0.717, 1.165) is 12.8 Å². The Kier molecular flexibility index (Phi) is 2.98. The fourth-order valence-corrected chi connectivity index (χ4v) is 2.02. The lowest BCUT2D eigenvalue weighted by Gasteiger charge is -2.33. The third-order valence-electron chi connectivity index (χ3n) is 2.71. The number of nitrogens with two attached hydrogens (primary N) is 1. The van der Waals surface area contributed by atoms with Gasteiger partial charge in [0.05, 0.1) is 9.95 Å². The summed E-state index contributed by atoms with van der Waals surface area (Å²) in [5.41, 5.74) is 6.05. The van der Waals surface area contributed by atoms with Gasteiger partial charge in [0.2, 0.25) is 0 Å². The van der Waals surface area contributed by atoms with Crippen molar-refractivity contribution in [1.29, 1.82) is 0 Å². The van der Waals surface area contributed by atoms with E-state index in [1.54, 1.807) is 12.1 Å². The van der Waals surface area contributed by atoms with Crippen LogP contribution in [0.1, 0.15) is 12.8 Å². The molecule has 0 unspecified atom stereocenters. The second kappa shape index (κ2) is 4.27. The van der Waals surface area contributed by atoms with Crippen LogP contribution in [0.2, 0.25) is 5.02 Å². The molecule has 1 aliphatic rings. The van der Waals surface area contributed by atoms with Crippen LogP contribution < -0.4 is 11.1 Å². The number of halogens is 1. The van der Waals surface area contributed by atoms with Gasteiger partial charge in [-0.25, -0.2) is 0 Å². The standard InChI is InChI=1S/C10H12ClN3O2/c11-8-2-1-3-9(14(15)16)10(8)13-7-4-6(12)5-7/h1-3,6-7,13H,4-5,12H2. The monoisotopic (exact) mass is 241 g/mol. The Balaban J connectivity index is 2.21. The highest BCUT2D eigenvalue weighted by molar-refractivity contribution is 6.33. The maximum absolute atomic E-state index is 10.8. The van der Waals surface area contributed by atoms with Crippen molar-refractivity contribution in [3.05, 3.63) is 33.3 Å². The van der Waals surface area contributed by atoms with Gasteiger partial charge in [0.15, 0.2) is 0 Å². The number of nitrogens with one attached hydrogen (secondary N) is 1. The van der Waals surface area contributed by atoms with Crippen LogP contribution in [0.3, 0.4) is 0 Å². The number of para-hydroxylation sites is 1. The molecule has 0 amide bonds. The van der Waals surface area contributed by atoms with E-state index in [9.17, 15) is 10.1 Å². The Hall–Kier alpha value is -1.33. The smallest absolute Gasteiger partial charge is 0.293 e. The molecule has 1 fully saturated rings. The van der Waals surface area contributed by atoms with E-state index in [1.165, 1.54) is 6.07 Å². The van der Waals surface area contributed by atoms with Crippen molar-refractivity contribution in [2.24, 2.45) is 5.73 Å². The fourth-order valence-electron chi connectivity index (χ4n) is 1.79. The van der Waals surface area contributed by atoms with Crippen molar-refractivity contribution < 1.29 is 4.92 Å². The zero-order valence-electron chi connectivity index (χ0n) is 8.52. The fraction of sp³-hybridized carbons (Fsp3) is 0.400. The average molecular weight is 242 g/mol. The van der Waals surface area contributed by atoms with Crippen LogP contribution in [-0.2, 0) is 0 Å². The molecule has 86 valence electrons. The molecule has 0 aromatic heterocycles. The molecular formula is C10H12ClN3O2. The number of hydrogen-bond donors (Lipinski definition) is 2. The summed E-state index contributed by atoms with van der Waals surface area (Å²) in [6.07, 6.45) is 1.64. The zero-order valence-corrected chi connectivity index (χ0v) is 9.28. The molecule has 3 N–H and O–H groups in total. The van der Waals surface area contributed by atoms with Gasteiger partial charge in [0.1, 0.15) is 5.69 Å². The first-order chi connectivity index (χ1) is 7.58. The maximum atomic E-state index is 10.8. The summed E-state index contributed by atoms with van der Waals surface area (Å²) in [6.45, 7) is 0. The minimum absolute atomic E-state index is 0.00738. The van der Waals surface area contributed by atoms with Crippen molar-refractivity contribution in [1.82, 2.24) is 0 Å². The highest BCUT2D eigenvalue weighted by Gasteiger charge is 2.28. The number of anilines is 1. The molecule has 0 heterocycles. The second-order valence-electron chi connectivity index (χ2n) is 3.96. The summed E-state index contributed by atoms with van der Waals surface area (Å²) in [7, 11) is 0. The number of nitro benzene ring substituents is 1. The van der Waals surface area contributed by atoms with Crippen molar-refractivity contribution in [2.45, 2.75) is 24.9 Å². The molecule has 0 aliphatic heterocycles. The minimum Gasteiger partial charge on any atom is -0.375 e. The Morgan fingerprint density at radius 2 is 2.19 bits per heavy atom. The van der Waals surface area contributed by atoms with Gasteiger partial charge in [-0.1, -0.05) is 17.7 Å². The molecule has 0 saturated heterocycles. The van der Waals surface area contributed by atoms with Gasteiger partial charge < -0.3 is 11.1 Å². The van der Waals surface area contributed by atoms with E-state index in [0.29, 0.717) is 10.7 Å². The maximum Gasteiger partial charge on any atom is 0.293 e. The summed E-state index contributed by atoms with van der Waals surface area (Å²) in [5, 5.41) is 14.3. The van der Waals surface area contributed by atoms with Gasteiger partial charge in [-0.3, -0.25) is 10.1 Å². The largest absolute Gasteiger partial charge is 0.375 e. The van der Waals surface area contributed by atoms with E-state index in [4.69, 9.17) is 17.3 Å². The lowest BCUT2D eigenvalue weighted by atomic mass is 9.87. The van der Waals surface area contributed by atoms with E-state index in [-0.39, 0.29) is 17.8 Å². The van der Waals surface area contributed by atoms with Crippen molar-refractivity contribution in [3.8, 4) is 0 Å². The lowest BCUT2D eigenvalue weighted by Crippen LogP contribution is -2.44. The average Bonchev–Trinajstić information content (AvgIpc) is 2.18. The Morgan fingerprint density at radius 1 is 1.50 bits per heavy atom. The van der Waals surface area contributed by atoms with Crippen molar-refractivity contribution >= 4 is 23.0 Å². The molecular weight excluding hydrogens is 230 g/mol. The Labute approximate surface area is 97.7 Å². The molecule has 5 nitrogen and oxygen atoms in total. The molecule has 2 rings (SSSR count). The highest BCUT2D eigenvalue weighted by atomic mass is 35.5. The van der Waals surface area contributed by atoms with Crippen LogP contribution in [0.4, 0.5) is 11.4 Å². The molecule has 0 spiro atoms. The minimum atomic E-state index is -0.438. The summed E-state index contributed by atoms with van der Waals surface area (Å²) < 4.78 is 0. The topological polar surface area (TPSA) is 81.2 Å². The molecule has 1 aromatic carbocycles. The Bertz CT molecular complexity index is 419. The van der Waals surface area contributed by atoms with Crippen LogP contribution in [0.15, 0.2) is 18.2 Å². The molecule has 0 atom stereocenters. The van der Waals surface area contributed by atoms with Crippen molar-refractivity contribution in [3.63, 3.8) is 0 Å². The number of benzene rings is 1. The lowest BCUT2D eigenvalue weighted by molar-refractivity contribution is -0.384. The SMILES string of the molecule is NC1CC(Nc2c(Cl)cccc2[N+](=O)[O-])C1. The van der Waals surface area contributed by atoms with Gasteiger partial charge in [0.25, 0.3) is 5.69 Å². The Morgan fingerprint density at radius 3 is 2.75 bits per heavy atom. The van der Waals surface area contributed by atoms with E-state index in [1.807, 2.05) is 0 Å². The predicted octanol–water partition coefficient (Wildman–Crippen LogP) is 2.15. The van der Waals surface area contributed by atoms with Crippen LogP contribution >= 0.6 is 11.6 Å². The summed E-state index contributed by atoms with van der Waals surface area (Å²) in [4.78, 5) is 10.4. The molecule has 6 heteroatoms. The second-order valence-corrected chi connectivity index (χ2v) is 4.37. The first-order valence-corrected chi connectivity index (χ1v) is 5.40. The van der Waals surface area contributed by atoms with Crippen LogP contribution in [0.5, 0.6) is 0 Å². The summed E-state index contributed by atoms with van der Waals surface area (Å²) >= 11 is 5.94. The van der Waals surface area contributed by atoms with Gasteiger partial charge in [-0.05, 0) is 18.9 Å². The molecule has 1 aromatic rings. The summed E-state index contributed by atoms with van der Waals surface area (Å²) in [5.74, 6) is 0. The molecule has 0 radical (unpaired) electrons. The predicted molar refractivity (Wildman–Crippen MR) is 62.7 cm³/mol. The molecule has 1 aliphatic carbocycles. The van der Waals surface area contributed by atoms with Crippen LogP contribution in [-0.4, -0.2) is 17.0 Å². The normalized spacial score (nSPS) is 23.6. The van der Waals surface area contributed by atoms with E-state index in [2.05, 4.69) is 5.32 Å². The highest BCUT2D eigenvalue weighted by Crippen LogP contribution is 2.34. The quantitative estimate of drug-likeness (QED) is 0.628. The van der Waals surface area contributed by atoms with E-state index >= 15 is 0 Å². The zero-order chi connectivity index (χ0) is 11.7. The first kappa shape index (κ1) is 11.2. The number of rotatable bonds is 3. The van der Waals surface area contributed by atoms with Crippen LogP contribution in [0, 0.1) is 10.1 Å². The number of nitrogens with zero attached hydrogens (tertiary/aromatic N) is 1. The van der Waals surface area contributed by atoms with E-state index < -0.39 is 4.92 Å². The van der Waals surface area contributed by atoms with Gasteiger partial charge in [0, 0.05) is 18.2 Å². The van der Waals surface area contributed by atoms with Gasteiger partial charge in [-0.15, -0.1) is 0 Å². The van der Waals surface area contributed by atoms with Gasteiger partial charge >= 0.3 is 0 Å². The third-order valence-corrected chi connectivity index (χ3v) is 3.03. The molecule has 0 bridgehead atoms. The molecule has 16 heavy (non-hydrogen) atoms.